The number of hydrogen-bond donors (Lipinski definition) is 2. The molecule has 0 saturated carbocycles. The van der Waals surface area contributed by atoms with Gasteiger partial charge < -0.3 is 10.6 Å². The number of amides is 1. The van der Waals surface area contributed by atoms with E-state index in [2.05, 4.69) is 10.6 Å². The van der Waals surface area contributed by atoms with Gasteiger partial charge in [-0.15, -0.1) is 0 Å². The molecular formula is C14H15F3N2O. The smallest absolute Gasteiger partial charge is 0.254 e. The minimum Gasteiger partial charge on any atom is -0.349 e. The average molecular weight is 284 g/mol. The van der Waals surface area contributed by atoms with E-state index in [0.29, 0.717) is 12.1 Å². The van der Waals surface area contributed by atoms with Gasteiger partial charge in [0.2, 0.25) is 0 Å². The van der Waals surface area contributed by atoms with Crippen molar-refractivity contribution in [1.82, 2.24) is 10.6 Å². The molecule has 0 aliphatic carbocycles. The van der Waals surface area contributed by atoms with Crippen molar-refractivity contribution in [2.45, 2.75) is 43.8 Å². The van der Waals surface area contributed by atoms with Gasteiger partial charge in [0.05, 0.1) is 5.56 Å². The topological polar surface area (TPSA) is 41.1 Å². The van der Waals surface area contributed by atoms with Crippen LogP contribution in [0.1, 0.15) is 36.0 Å². The number of carbonyl (C=O) groups excluding carboxylic acids is 1. The van der Waals surface area contributed by atoms with E-state index in [1.54, 1.807) is 0 Å². The zero-order valence-electron chi connectivity index (χ0n) is 10.8. The highest BCUT2D eigenvalue weighted by Gasteiger charge is 2.34. The zero-order chi connectivity index (χ0) is 14.3. The van der Waals surface area contributed by atoms with Gasteiger partial charge in [0.15, 0.2) is 17.5 Å². The van der Waals surface area contributed by atoms with Crippen molar-refractivity contribution in [3.05, 3.63) is 35.1 Å². The number of piperidine rings is 1. The van der Waals surface area contributed by atoms with E-state index in [1.165, 1.54) is 0 Å². The van der Waals surface area contributed by atoms with Crippen molar-refractivity contribution < 1.29 is 18.0 Å². The SMILES string of the molecule is O=C(NC1CC2CCC(C1)N2)c1ccc(F)c(F)c1F. The van der Waals surface area contributed by atoms with E-state index in [-0.39, 0.29) is 6.04 Å². The lowest BCUT2D eigenvalue weighted by Gasteiger charge is -2.29. The number of rotatable bonds is 2. The second-order valence-corrected chi connectivity index (χ2v) is 5.50. The second-order valence-electron chi connectivity index (χ2n) is 5.50. The maximum atomic E-state index is 13.5. The summed E-state index contributed by atoms with van der Waals surface area (Å²) in [6.45, 7) is 0. The van der Waals surface area contributed by atoms with Crippen molar-refractivity contribution >= 4 is 5.91 Å². The molecule has 1 amide bonds. The molecule has 0 aromatic heterocycles. The molecule has 6 heteroatoms. The van der Waals surface area contributed by atoms with Crippen LogP contribution in [0, 0.1) is 17.5 Å². The van der Waals surface area contributed by atoms with Crippen molar-refractivity contribution in [2.75, 3.05) is 0 Å². The Bertz CT molecular complexity index is 537. The standard InChI is InChI=1S/C14H15F3N2O/c15-11-4-3-10(12(16)13(11)17)14(20)19-9-5-7-1-2-8(6-9)18-7/h3-4,7-9,18H,1-2,5-6H2,(H,19,20). The molecule has 20 heavy (non-hydrogen) atoms. The number of halogens is 3. The summed E-state index contributed by atoms with van der Waals surface area (Å²) in [5.41, 5.74) is -0.449. The third kappa shape index (κ3) is 2.40. The Morgan fingerprint density at radius 1 is 1.10 bits per heavy atom. The van der Waals surface area contributed by atoms with Gasteiger partial charge in [0, 0.05) is 18.1 Å². The van der Waals surface area contributed by atoms with Crippen LogP contribution in [-0.2, 0) is 0 Å². The lowest BCUT2D eigenvalue weighted by Crippen LogP contribution is -2.48. The molecule has 3 nitrogen and oxygen atoms in total. The Balaban J connectivity index is 1.72. The molecule has 108 valence electrons. The van der Waals surface area contributed by atoms with Crippen LogP contribution in [0.25, 0.3) is 0 Å². The second kappa shape index (κ2) is 5.09. The molecule has 3 rings (SSSR count). The number of fused-ring (bicyclic) bond motifs is 2. The van der Waals surface area contributed by atoms with Gasteiger partial charge in [0.25, 0.3) is 5.91 Å². The normalized spacial score (nSPS) is 28.4. The highest BCUT2D eigenvalue weighted by atomic mass is 19.2. The molecule has 2 aliphatic heterocycles. The van der Waals surface area contributed by atoms with Crippen LogP contribution < -0.4 is 10.6 Å². The summed E-state index contributed by atoms with van der Waals surface area (Å²) in [6.07, 6.45) is 3.73. The summed E-state index contributed by atoms with van der Waals surface area (Å²) in [7, 11) is 0. The number of nitrogens with one attached hydrogen (secondary N) is 2. The Kier molecular flexibility index (Phi) is 3.41. The van der Waals surface area contributed by atoms with Crippen LogP contribution in [0.3, 0.4) is 0 Å². The van der Waals surface area contributed by atoms with Crippen LogP contribution in [-0.4, -0.2) is 24.0 Å². The Morgan fingerprint density at radius 3 is 2.40 bits per heavy atom. The molecular weight excluding hydrogens is 269 g/mol. The van der Waals surface area contributed by atoms with Crippen LogP contribution in [0.4, 0.5) is 13.2 Å². The Labute approximate surface area is 114 Å². The van der Waals surface area contributed by atoms with E-state index in [0.717, 1.165) is 37.8 Å². The molecule has 2 atom stereocenters. The molecule has 2 aliphatic rings. The van der Waals surface area contributed by atoms with Crippen LogP contribution in [0.5, 0.6) is 0 Å². The first-order valence-corrected chi connectivity index (χ1v) is 6.75. The molecule has 2 unspecified atom stereocenters. The summed E-state index contributed by atoms with van der Waals surface area (Å²) in [4.78, 5) is 12.0. The number of benzene rings is 1. The predicted octanol–water partition coefficient (Wildman–Crippen LogP) is 2.12. The fourth-order valence-electron chi connectivity index (χ4n) is 3.14. The van der Waals surface area contributed by atoms with Crippen LogP contribution >= 0.6 is 0 Å². The first-order valence-electron chi connectivity index (χ1n) is 6.75. The summed E-state index contributed by atoms with van der Waals surface area (Å²) in [5, 5.41) is 6.14. The van der Waals surface area contributed by atoms with Gasteiger partial charge >= 0.3 is 0 Å². The number of carbonyl (C=O) groups is 1. The fraction of sp³-hybridized carbons (Fsp3) is 0.500. The molecule has 1 aromatic carbocycles. The average Bonchev–Trinajstić information content (AvgIpc) is 2.75. The Morgan fingerprint density at radius 2 is 1.75 bits per heavy atom. The maximum Gasteiger partial charge on any atom is 0.254 e. The third-order valence-electron chi connectivity index (χ3n) is 4.09. The van der Waals surface area contributed by atoms with Gasteiger partial charge in [-0.2, -0.15) is 0 Å². The van der Waals surface area contributed by atoms with Gasteiger partial charge in [-0.1, -0.05) is 0 Å². The fourth-order valence-corrected chi connectivity index (χ4v) is 3.14. The number of hydrogen-bond acceptors (Lipinski definition) is 2. The Hall–Kier alpha value is -1.56. The summed E-state index contributed by atoms with van der Waals surface area (Å²) in [6, 6.07) is 2.45. The van der Waals surface area contributed by atoms with E-state index >= 15 is 0 Å². The van der Waals surface area contributed by atoms with Crippen molar-refractivity contribution in [2.24, 2.45) is 0 Å². The molecule has 2 saturated heterocycles. The highest BCUT2D eigenvalue weighted by molar-refractivity contribution is 5.94. The molecule has 2 heterocycles. The van der Waals surface area contributed by atoms with Crippen molar-refractivity contribution in [3.63, 3.8) is 0 Å². The summed E-state index contributed by atoms with van der Waals surface area (Å²) >= 11 is 0. The van der Waals surface area contributed by atoms with E-state index in [4.69, 9.17) is 0 Å². The monoisotopic (exact) mass is 284 g/mol. The minimum atomic E-state index is -1.61. The molecule has 1 aromatic rings. The van der Waals surface area contributed by atoms with Gasteiger partial charge in [0.1, 0.15) is 0 Å². The van der Waals surface area contributed by atoms with Crippen LogP contribution in [0.15, 0.2) is 12.1 Å². The lowest BCUT2D eigenvalue weighted by molar-refractivity contribution is 0.0918. The van der Waals surface area contributed by atoms with Gasteiger partial charge in [-0.25, -0.2) is 13.2 Å². The van der Waals surface area contributed by atoms with Gasteiger partial charge in [-0.05, 0) is 37.8 Å². The molecule has 0 spiro atoms. The van der Waals surface area contributed by atoms with Crippen molar-refractivity contribution in [1.29, 1.82) is 0 Å². The van der Waals surface area contributed by atoms with Crippen molar-refractivity contribution in [3.8, 4) is 0 Å². The quantitative estimate of drug-likeness (QED) is 0.817. The lowest BCUT2D eigenvalue weighted by atomic mass is 9.99. The van der Waals surface area contributed by atoms with Gasteiger partial charge in [-0.3, -0.25) is 4.79 Å². The highest BCUT2D eigenvalue weighted by Crippen LogP contribution is 2.27. The predicted molar refractivity (Wildman–Crippen MR) is 66.7 cm³/mol. The maximum absolute atomic E-state index is 13.5. The third-order valence-corrected chi connectivity index (χ3v) is 4.09. The van der Waals surface area contributed by atoms with E-state index in [1.807, 2.05) is 0 Å². The summed E-state index contributed by atoms with van der Waals surface area (Å²) < 4.78 is 39.5. The summed E-state index contributed by atoms with van der Waals surface area (Å²) in [5.74, 6) is -5.02. The largest absolute Gasteiger partial charge is 0.349 e. The molecule has 0 radical (unpaired) electrons. The van der Waals surface area contributed by atoms with E-state index in [9.17, 15) is 18.0 Å². The zero-order valence-corrected chi connectivity index (χ0v) is 10.8. The molecule has 2 N–H and O–H groups in total. The van der Waals surface area contributed by atoms with Crippen LogP contribution in [0.2, 0.25) is 0 Å². The minimum absolute atomic E-state index is 0.0474. The van der Waals surface area contributed by atoms with E-state index < -0.39 is 28.9 Å². The first-order chi connectivity index (χ1) is 9.54. The first kappa shape index (κ1) is 13.4. The molecule has 2 bridgehead atoms. The molecule has 2 fully saturated rings.